The summed E-state index contributed by atoms with van der Waals surface area (Å²) in [6.45, 7) is 7.47. The van der Waals surface area contributed by atoms with Gasteiger partial charge in [0.25, 0.3) is 0 Å². The van der Waals surface area contributed by atoms with Crippen molar-refractivity contribution in [2.75, 3.05) is 20.2 Å². The van der Waals surface area contributed by atoms with E-state index in [1.807, 2.05) is 29.1 Å². The Morgan fingerprint density at radius 2 is 2.12 bits per heavy atom. The van der Waals surface area contributed by atoms with Crippen LogP contribution in [-0.4, -0.2) is 35.9 Å². The maximum atomic E-state index is 5.77. The number of nitrogens with one attached hydrogen (secondary N) is 2. The van der Waals surface area contributed by atoms with E-state index < -0.39 is 0 Å². The van der Waals surface area contributed by atoms with Gasteiger partial charge in [-0.25, -0.2) is 0 Å². The number of aliphatic imine (C=N–C) groups is 1. The Hall–Kier alpha value is -1.77. The smallest absolute Gasteiger partial charge is 0.191 e. The van der Waals surface area contributed by atoms with Gasteiger partial charge in [0.05, 0.1) is 6.61 Å². The monoisotopic (exact) mass is 471 g/mol. The first-order valence-corrected chi connectivity index (χ1v) is 8.81. The molecule has 0 saturated carbocycles. The standard InChI is InChI=1S/C19H29N5O.HI/c1-16(2)15-25-18-8-4-7-17(13-18)14-22-19(20-3)21-9-5-11-24-12-6-10-23-24;/h4,6-8,10,12-13,16H,5,9,11,14-15H2,1-3H3,(H2,20,21,22);1H. The SMILES string of the molecule is CN=C(NCCCn1cccn1)NCc1cccc(OCC(C)C)c1.I. The summed E-state index contributed by atoms with van der Waals surface area (Å²) in [7, 11) is 1.78. The van der Waals surface area contributed by atoms with Crippen molar-refractivity contribution < 1.29 is 4.74 Å². The molecule has 0 amide bonds. The summed E-state index contributed by atoms with van der Waals surface area (Å²) < 4.78 is 7.71. The van der Waals surface area contributed by atoms with Gasteiger partial charge in [-0.2, -0.15) is 5.10 Å². The van der Waals surface area contributed by atoms with Gasteiger partial charge in [0, 0.05) is 39.1 Å². The number of ether oxygens (including phenoxy) is 1. The summed E-state index contributed by atoms with van der Waals surface area (Å²) in [5.41, 5.74) is 1.17. The lowest BCUT2D eigenvalue weighted by Gasteiger charge is -2.13. The molecule has 0 unspecified atom stereocenters. The highest BCUT2D eigenvalue weighted by atomic mass is 127. The molecule has 1 aromatic carbocycles. The van der Waals surface area contributed by atoms with Crippen LogP contribution in [0.2, 0.25) is 0 Å². The topological polar surface area (TPSA) is 63.5 Å². The molecule has 2 N–H and O–H groups in total. The number of rotatable bonds is 9. The fourth-order valence-electron chi connectivity index (χ4n) is 2.30. The first-order valence-electron chi connectivity index (χ1n) is 8.81. The summed E-state index contributed by atoms with van der Waals surface area (Å²) in [4.78, 5) is 4.26. The van der Waals surface area contributed by atoms with Crippen LogP contribution in [0.4, 0.5) is 0 Å². The van der Waals surface area contributed by atoms with E-state index in [0.717, 1.165) is 37.8 Å². The molecule has 0 saturated heterocycles. The second-order valence-corrected chi connectivity index (χ2v) is 6.33. The van der Waals surface area contributed by atoms with Gasteiger partial charge in [-0.15, -0.1) is 24.0 Å². The van der Waals surface area contributed by atoms with Crippen molar-refractivity contribution in [3.05, 3.63) is 48.3 Å². The first-order chi connectivity index (χ1) is 12.2. The molecule has 1 aromatic heterocycles. The fourth-order valence-corrected chi connectivity index (χ4v) is 2.30. The largest absolute Gasteiger partial charge is 0.493 e. The minimum absolute atomic E-state index is 0. The maximum absolute atomic E-state index is 5.77. The number of hydrogen-bond donors (Lipinski definition) is 2. The van der Waals surface area contributed by atoms with Crippen molar-refractivity contribution in [2.24, 2.45) is 10.9 Å². The van der Waals surface area contributed by atoms with Crippen LogP contribution in [0.3, 0.4) is 0 Å². The number of nitrogens with zero attached hydrogens (tertiary/aromatic N) is 3. The van der Waals surface area contributed by atoms with Crippen molar-refractivity contribution in [3.8, 4) is 5.75 Å². The first kappa shape index (κ1) is 22.3. The summed E-state index contributed by atoms with van der Waals surface area (Å²) in [5, 5.41) is 10.9. The van der Waals surface area contributed by atoms with E-state index in [9.17, 15) is 0 Å². The van der Waals surface area contributed by atoms with Crippen molar-refractivity contribution in [2.45, 2.75) is 33.4 Å². The molecular weight excluding hydrogens is 441 g/mol. The molecule has 26 heavy (non-hydrogen) atoms. The van der Waals surface area contributed by atoms with Gasteiger partial charge in [-0.05, 0) is 36.1 Å². The minimum atomic E-state index is 0. The van der Waals surface area contributed by atoms with E-state index in [0.29, 0.717) is 12.5 Å². The molecule has 6 nitrogen and oxygen atoms in total. The van der Waals surface area contributed by atoms with E-state index in [-0.39, 0.29) is 24.0 Å². The summed E-state index contributed by atoms with van der Waals surface area (Å²) in [6, 6.07) is 10.1. The van der Waals surface area contributed by atoms with Gasteiger partial charge in [-0.1, -0.05) is 26.0 Å². The quantitative estimate of drug-likeness (QED) is 0.255. The molecule has 0 fully saturated rings. The average Bonchev–Trinajstić information content (AvgIpc) is 3.13. The number of aromatic nitrogens is 2. The Kier molecular flexibility index (Phi) is 10.8. The molecule has 0 bridgehead atoms. The summed E-state index contributed by atoms with van der Waals surface area (Å²) in [5.74, 6) is 2.23. The van der Waals surface area contributed by atoms with Crippen LogP contribution >= 0.6 is 24.0 Å². The van der Waals surface area contributed by atoms with E-state index >= 15 is 0 Å². The van der Waals surface area contributed by atoms with Crippen molar-refractivity contribution in [3.63, 3.8) is 0 Å². The summed E-state index contributed by atoms with van der Waals surface area (Å²) in [6.07, 6.45) is 4.76. The Morgan fingerprint density at radius 1 is 1.27 bits per heavy atom. The number of aryl methyl sites for hydroxylation is 1. The third-order valence-corrected chi connectivity index (χ3v) is 3.58. The molecule has 144 valence electrons. The highest BCUT2D eigenvalue weighted by Crippen LogP contribution is 2.14. The Labute approximate surface area is 173 Å². The van der Waals surface area contributed by atoms with Gasteiger partial charge in [0.15, 0.2) is 5.96 Å². The zero-order chi connectivity index (χ0) is 17.9. The van der Waals surface area contributed by atoms with Gasteiger partial charge in [0.2, 0.25) is 0 Å². The minimum Gasteiger partial charge on any atom is -0.493 e. The molecule has 7 heteroatoms. The van der Waals surface area contributed by atoms with Gasteiger partial charge in [0.1, 0.15) is 5.75 Å². The molecule has 0 aliphatic rings. The fraction of sp³-hybridized carbons (Fsp3) is 0.474. The third-order valence-electron chi connectivity index (χ3n) is 3.58. The van der Waals surface area contributed by atoms with Gasteiger partial charge >= 0.3 is 0 Å². The lowest BCUT2D eigenvalue weighted by atomic mass is 10.2. The Balaban J connectivity index is 0.00000338. The van der Waals surface area contributed by atoms with E-state index in [2.05, 4.69) is 46.7 Å². The van der Waals surface area contributed by atoms with Crippen LogP contribution in [0.15, 0.2) is 47.7 Å². The second kappa shape index (κ2) is 12.6. The molecular formula is C19H30IN5O. The Bertz CT molecular complexity index is 643. The second-order valence-electron chi connectivity index (χ2n) is 6.33. The van der Waals surface area contributed by atoms with Crippen LogP contribution in [0.1, 0.15) is 25.8 Å². The predicted molar refractivity (Wildman–Crippen MR) is 117 cm³/mol. The molecule has 0 aliphatic heterocycles. The number of guanidine groups is 1. The molecule has 0 spiro atoms. The summed E-state index contributed by atoms with van der Waals surface area (Å²) >= 11 is 0. The molecule has 0 radical (unpaired) electrons. The number of hydrogen-bond acceptors (Lipinski definition) is 3. The van der Waals surface area contributed by atoms with Gasteiger partial charge in [-0.3, -0.25) is 9.67 Å². The zero-order valence-corrected chi connectivity index (χ0v) is 18.1. The number of halogens is 1. The normalized spacial score (nSPS) is 11.2. The molecule has 1 heterocycles. The van der Waals surface area contributed by atoms with Crippen LogP contribution < -0.4 is 15.4 Å². The van der Waals surface area contributed by atoms with Crippen LogP contribution in [-0.2, 0) is 13.1 Å². The third kappa shape index (κ3) is 8.55. The van der Waals surface area contributed by atoms with Crippen molar-refractivity contribution in [1.29, 1.82) is 0 Å². The lowest BCUT2D eigenvalue weighted by molar-refractivity contribution is 0.271. The van der Waals surface area contributed by atoms with E-state index in [1.165, 1.54) is 5.56 Å². The molecule has 2 aromatic rings. The molecule has 0 aliphatic carbocycles. The number of benzene rings is 1. The van der Waals surface area contributed by atoms with E-state index in [4.69, 9.17) is 4.74 Å². The zero-order valence-electron chi connectivity index (χ0n) is 15.8. The molecule has 0 atom stereocenters. The van der Waals surface area contributed by atoms with Crippen molar-refractivity contribution in [1.82, 2.24) is 20.4 Å². The lowest BCUT2D eigenvalue weighted by Crippen LogP contribution is -2.37. The highest BCUT2D eigenvalue weighted by molar-refractivity contribution is 14.0. The Morgan fingerprint density at radius 3 is 2.81 bits per heavy atom. The van der Waals surface area contributed by atoms with E-state index in [1.54, 1.807) is 13.2 Å². The van der Waals surface area contributed by atoms with Crippen molar-refractivity contribution >= 4 is 29.9 Å². The molecule has 2 rings (SSSR count). The maximum Gasteiger partial charge on any atom is 0.191 e. The highest BCUT2D eigenvalue weighted by Gasteiger charge is 2.01. The van der Waals surface area contributed by atoms with Crippen LogP contribution in [0, 0.1) is 5.92 Å². The van der Waals surface area contributed by atoms with Crippen LogP contribution in [0.5, 0.6) is 5.75 Å². The average molecular weight is 471 g/mol. The van der Waals surface area contributed by atoms with Gasteiger partial charge < -0.3 is 15.4 Å². The predicted octanol–water partition coefficient (Wildman–Crippen LogP) is 3.29. The van der Waals surface area contributed by atoms with Crippen LogP contribution in [0.25, 0.3) is 0 Å².